The molecule has 1 N–H and O–H groups in total. The van der Waals surface area contributed by atoms with Crippen molar-refractivity contribution in [3.05, 3.63) is 34.4 Å². The van der Waals surface area contributed by atoms with Crippen LogP contribution in [0.5, 0.6) is 0 Å². The van der Waals surface area contributed by atoms with E-state index in [-0.39, 0.29) is 5.92 Å². The molecule has 1 heterocycles. The summed E-state index contributed by atoms with van der Waals surface area (Å²) in [5.74, 6) is -0.590. The maximum absolute atomic E-state index is 10.9. The van der Waals surface area contributed by atoms with Crippen molar-refractivity contribution in [2.24, 2.45) is 11.8 Å². The average molecular weight is 261 g/mol. The molecule has 1 aromatic carbocycles. The summed E-state index contributed by atoms with van der Waals surface area (Å²) in [7, 11) is 0. The molecule has 1 unspecified atom stereocenters. The van der Waals surface area contributed by atoms with Gasteiger partial charge in [-0.2, -0.15) is 0 Å². The first-order valence-corrected chi connectivity index (χ1v) is 6.90. The molecule has 1 saturated heterocycles. The van der Waals surface area contributed by atoms with Crippen LogP contribution in [0, 0.1) is 32.6 Å². The second-order valence-electron chi connectivity index (χ2n) is 5.96. The molecular formula is C16H23NO2. The van der Waals surface area contributed by atoms with Crippen molar-refractivity contribution in [3.8, 4) is 0 Å². The number of hydrogen-bond donors (Lipinski definition) is 1. The lowest BCUT2D eigenvalue weighted by molar-refractivity contribution is -0.145. The van der Waals surface area contributed by atoms with Gasteiger partial charge in [0.25, 0.3) is 0 Å². The summed E-state index contributed by atoms with van der Waals surface area (Å²) in [6, 6.07) is 4.44. The van der Waals surface area contributed by atoms with Crippen LogP contribution in [0.25, 0.3) is 0 Å². The quantitative estimate of drug-likeness (QED) is 0.906. The third-order valence-electron chi connectivity index (χ3n) is 4.30. The Morgan fingerprint density at radius 3 is 2.32 bits per heavy atom. The molecule has 1 fully saturated rings. The third kappa shape index (κ3) is 2.98. The molecular weight excluding hydrogens is 238 g/mol. The number of nitrogens with zero attached hydrogens (tertiary/aromatic N) is 1. The normalized spacial score (nSPS) is 18.1. The Labute approximate surface area is 115 Å². The number of hydrogen-bond acceptors (Lipinski definition) is 2. The number of aryl methyl sites for hydroxylation is 3. The monoisotopic (exact) mass is 261 g/mol. The van der Waals surface area contributed by atoms with Crippen LogP contribution in [0.2, 0.25) is 0 Å². The highest BCUT2D eigenvalue weighted by atomic mass is 16.4. The Morgan fingerprint density at radius 1 is 1.32 bits per heavy atom. The van der Waals surface area contributed by atoms with Gasteiger partial charge in [0, 0.05) is 19.6 Å². The molecule has 19 heavy (non-hydrogen) atoms. The Kier molecular flexibility index (Phi) is 3.95. The van der Waals surface area contributed by atoms with E-state index in [1.54, 1.807) is 0 Å². The lowest BCUT2D eigenvalue weighted by Crippen LogP contribution is -2.50. The van der Waals surface area contributed by atoms with Gasteiger partial charge in [0.15, 0.2) is 0 Å². The van der Waals surface area contributed by atoms with Gasteiger partial charge in [-0.25, -0.2) is 0 Å². The minimum atomic E-state index is -0.674. The van der Waals surface area contributed by atoms with Crippen LogP contribution in [-0.4, -0.2) is 29.1 Å². The largest absolute Gasteiger partial charge is 0.481 e. The topological polar surface area (TPSA) is 40.5 Å². The minimum absolute atomic E-state index is 0.225. The second-order valence-corrected chi connectivity index (χ2v) is 5.96. The SMILES string of the molecule is Cc1cc(C)c(CN2CC(C(C)C(=O)O)C2)c(C)c1. The van der Waals surface area contributed by atoms with Gasteiger partial charge in [0.1, 0.15) is 0 Å². The lowest BCUT2D eigenvalue weighted by atomic mass is 9.86. The van der Waals surface area contributed by atoms with E-state index in [1.165, 1.54) is 22.3 Å². The summed E-state index contributed by atoms with van der Waals surface area (Å²) in [6.45, 7) is 11.0. The fourth-order valence-corrected chi connectivity index (χ4v) is 2.94. The van der Waals surface area contributed by atoms with Crippen LogP contribution in [0.15, 0.2) is 12.1 Å². The molecule has 3 nitrogen and oxygen atoms in total. The van der Waals surface area contributed by atoms with Gasteiger partial charge in [-0.15, -0.1) is 0 Å². The molecule has 0 spiro atoms. The highest BCUT2D eigenvalue weighted by Gasteiger charge is 2.34. The summed E-state index contributed by atoms with van der Waals surface area (Å²) in [4.78, 5) is 13.3. The second kappa shape index (κ2) is 5.33. The van der Waals surface area contributed by atoms with Crippen LogP contribution in [-0.2, 0) is 11.3 Å². The highest BCUT2D eigenvalue weighted by Crippen LogP contribution is 2.27. The van der Waals surface area contributed by atoms with E-state index >= 15 is 0 Å². The molecule has 0 amide bonds. The van der Waals surface area contributed by atoms with Gasteiger partial charge in [-0.3, -0.25) is 9.69 Å². The number of aliphatic carboxylic acids is 1. The Balaban J connectivity index is 1.97. The van der Waals surface area contributed by atoms with Crippen molar-refractivity contribution in [2.75, 3.05) is 13.1 Å². The van der Waals surface area contributed by atoms with Crippen molar-refractivity contribution >= 4 is 5.97 Å². The van der Waals surface area contributed by atoms with E-state index < -0.39 is 5.97 Å². The number of benzene rings is 1. The molecule has 1 aliphatic heterocycles. The summed E-state index contributed by atoms with van der Waals surface area (Å²) in [5, 5.41) is 8.99. The average Bonchev–Trinajstić information content (AvgIpc) is 2.24. The molecule has 104 valence electrons. The van der Waals surface area contributed by atoms with E-state index in [4.69, 9.17) is 5.11 Å². The molecule has 0 radical (unpaired) electrons. The standard InChI is InChI=1S/C16H23NO2/c1-10-5-11(2)15(12(3)6-10)9-17-7-14(8-17)13(4)16(18)19/h5-6,13-14H,7-9H2,1-4H3,(H,18,19). The summed E-state index contributed by atoms with van der Waals surface area (Å²) in [6.07, 6.45) is 0. The number of carboxylic acid groups (broad SMARTS) is 1. The Bertz CT molecular complexity index is 467. The van der Waals surface area contributed by atoms with Gasteiger partial charge in [0.2, 0.25) is 0 Å². The zero-order valence-electron chi connectivity index (χ0n) is 12.2. The highest BCUT2D eigenvalue weighted by molar-refractivity contribution is 5.70. The zero-order valence-corrected chi connectivity index (χ0v) is 12.2. The Hall–Kier alpha value is -1.35. The van der Waals surface area contributed by atoms with Crippen molar-refractivity contribution < 1.29 is 9.90 Å². The smallest absolute Gasteiger partial charge is 0.306 e. The van der Waals surface area contributed by atoms with Gasteiger partial charge in [-0.1, -0.05) is 24.6 Å². The fraction of sp³-hybridized carbons (Fsp3) is 0.562. The molecule has 0 bridgehead atoms. The molecule has 2 rings (SSSR count). The van der Waals surface area contributed by atoms with Crippen LogP contribution in [0.1, 0.15) is 29.2 Å². The van der Waals surface area contributed by atoms with Gasteiger partial charge < -0.3 is 5.11 Å². The first-order valence-electron chi connectivity index (χ1n) is 6.90. The molecule has 1 aliphatic rings. The Morgan fingerprint density at radius 2 is 1.84 bits per heavy atom. The van der Waals surface area contributed by atoms with E-state index in [0.29, 0.717) is 5.92 Å². The maximum atomic E-state index is 10.9. The number of carbonyl (C=O) groups is 1. The molecule has 0 saturated carbocycles. The summed E-state index contributed by atoms with van der Waals surface area (Å²) >= 11 is 0. The first-order chi connectivity index (χ1) is 8.88. The first kappa shape index (κ1) is 14.1. The molecule has 1 atom stereocenters. The van der Waals surface area contributed by atoms with Gasteiger partial charge >= 0.3 is 5.97 Å². The number of rotatable bonds is 4. The van der Waals surface area contributed by atoms with Crippen LogP contribution >= 0.6 is 0 Å². The predicted octanol–water partition coefficient (Wildman–Crippen LogP) is 2.76. The van der Waals surface area contributed by atoms with E-state index in [0.717, 1.165) is 19.6 Å². The van der Waals surface area contributed by atoms with E-state index in [2.05, 4.69) is 37.8 Å². The maximum Gasteiger partial charge on any atom is 0.306 e. The molecule has 0 aromatic heterocycles. The molecule has 3 heteroatoms. The lowest BCUT2D eigenvalue weighted by Gasteiger charge is -2.41. The minimum Gasteiger partial charge on any atom is -0.481 e. The van der Waals surface area contributed by atoms with Crippen LogP contribution in [0.4, 0.5) is 0 Å². The summed E-state index contributed by atoms with van der Waals surface area (Å²) < 4.78 is 0. The molecule has 1 aromatic rings. The van der Waals surface area contributed by atoms with Gasteiger partial charge in [-0.05, 0) is 43.4 Å². The van der Waals surface area contributed by atoms with E-state index in [1.807, 2.05) is 6.92 Å². The number of likely N-dealkylation sites (tertiary alicyclic amines) is 1. The van der Waals surface area contributed by atoms with E-state index in [9.17, 15) is 4.79 Å². The van der Waals surface area contributed by atoms with Crippen LogP contribution < -0.4 is 0 Å². The van der Waals surface area contributed by atoms with Crippen molar-refractivity contribution in [1.82, 2.24) is 4.90 Å². The van der Waals surface area contributed by atoms with Crippen molar-refractivity contribution in [3.63, 3.8) is 0 Å². The summed E-state index contributed by atoms with van der Waals surface area (Å²) in [5.41, 5.74) is 5.38. The molecule has 0 aliphatic carbocycles. The zero-order chi connectivity index (χ0) is 14.2. The fourth-order valence-electron chi connectivity index (χ4n) is 2.94. The predicted molar refractivity (Wildman–Crippen MR) is 76.2 cm³/mol. The van der Waals surface area contributed by atoms with Crippen molar-refractivity contribution in [2.45, 2.75) is 34.2 Å². The van der Waals surface area contributed by atoms with Crippen LogP contribution in [0.3, 0.4) is 0 Å². The van der Waals surface area contributed by atoms with Crippen molar-refractivity contribution in [1.29, 1.82) is 0 Å². The van der Waals surface area contributed by atoms with Gasteiger partial charge in [0.05, 0.1) is 5.92 Å². The third-order valence-corrected chi connectivity index (χ3v) is 4.30. The number of carboxylic acids is 1.